The number of rotatable bonds is 8. The summed E-state index contributed by atoms with van der Waals surface area (Å²) in [5.74, 6) is -1.29. The number of carbonyl (C=O) groups excluding carboxylic acids is 3. The third-order valence-electron chi connectivity index (χ3n) is 4.78. The van der Waals surface area contributed by atoms with Crippen LogP contribution in [-0.2, 0) is 46.7 Å². The molecule has 0 spiro atoms. The molecule has 3 aliphatic rings. The summed E-state index contributed by atoms with van der Waals surface area (Å²) in [6.07, 6.45) is -0.468. The minimum absolute atomic E-state index is 0.0435. The largest absolute Gasteiger partial charge is 0.475 e. The zero-order valence-corrected chi connectivity index (χ0v) is 18.4. The number of esters is 1. The zero-order valence-electron chi connectivity index (χ0n) is 17.6. The van der Waals surface area contributed by atoms with E-state index in [1.54, 1.807) is 20.8 Å². The minimum Gasteiger partial charge on any atom is -0.461 e. The fraction of sp³-hybridized carbons (Fsp3) is 0.722. The van der Waals surface area contributed by atoms with Crippen molar-refractivity contribution in [3.05, 3.63) is 12.3 Å². The first-order valence-corrected chi connectivity index (χ1v) is 11.3. The van der Waals surface area contributed by atoms with E-state index in [0.717, 1.165) is 0 Å². The van der Waals surface area contributed by atoms with Gasteiger partial charge in [-0.25, -0.2) is 9.36 Å². The molecule has 0 bridgehead atoms. The molecular weight excluding hydrogens is 435 g/mol. The van der Waals surface area contributed by atoms with Crippen molar-refractivity contribution in [3.63, 3.8) is 0 Å². The second kappa shape index (κ2) is 9.45. The lowest BCUT2D eigenvalue weighted by Gasteiger charge is -2.38. The molecule has 0 aromatic heterocycles. The topological polar surface area (TPSA) is 153 Å². The van der Waals surface area contributed by atoms with Crippen molar-refractivity contribution in [1.82, 2.24) is 4.90 Å². The number of ether oxygens (including phenoxy) is 3. The van der Waals surface area contributed by atoms with E-state index in [4.69, 9.17) is 33.5 Å². The molecule has 174 valence electrons. The van der Waals surface area contributed by atoms with Crippen molar-refractivity contribution >= 4 is 25.5 Å². The van der Waals surface area contributed by atoms with E-state index in [1.807, 2.05) is 0 Å². The summed E-state index contributed by atoms with van der Waals surface area (Å²) in [6, 6.07) is 0. The van der Waals surface area contributed by atoms with Gasteiger partial charge in [-0.3, -0.25) is 28.1 Å². The molecule has 0 aromatic rings. The van der Waals surface area contributed by atoms with Crippen LogP contribution >= 0.6 is 7.82 Å². The highest BCUT2D eigenvalue weighted by molar-refractivity contribution is 7.48. The maximum absolute atomic E-state index is 12.8. The zero-order chi connectivity index (χ0) is 22.8. The Morgan fingerprint density at radius 1 is 1.39 bits per heavy atom. The molecule has 0 unspecified atom stereocenters. The standard InChI is InChI=1S/C18H27N2O10P/c1-11(2)28-15(23)10-25-6-7-26-31(24)27-9-13-16(30-31)18(3,19)17(29-13)20-5-4-12(21)8-14(20)22/h4-5,11,13,16-17H,6-10,19H2,1-3H3/t13-,16-,17-,18-,31-/m1/s1. The Morgan fingerprint density at radius 3 is 2.81 bits per heavy atom. The maximum Gasteiger partial charge on any atom is 0.475 e. The highest BCUT2D eigenvalue weighted by Crippen LogP contribution is 2.57. The Kier molecular flexibility index (Phi) is 7.32. The number of nitrogens with two attached hydrogens (primary N) is 1. The molecule has 5 atom stereocenters. The summed E-state index contributed by atoms with van der Waals surface area (Å²) in [5, 5.41) is 0. The van der Waals surface area contributed by atoms with Gasteiger partial charge in [0.15, 0.2) is 12.0 Å². The molecule has 0 saturated carbocycles. The predicted octanol–water partition coefficient (Wildman–Crippen LogP) is 0.252. The summed E-state index contributed by atoms with van der Waals surface area (Å²) in [4.78, 5) is 36.3. The molecule has 3 heterocycles. The van der Waals surface area contributed by atoms with Crippen LogP contribution in [0.25, 0.3) is 0 Å². The molecular formula is C18H27N2O10P. The lowest BCUT2D eigenvalue weighted by molar-refractivity contribution is -0.153. The van der Waals surface area contributed by atoms with Crippen molar-refractivity contribution in [1.29, 1.82) is 0 Å². The number of allylic oxidation sites excluding steroid dienone is 1. The van der Waals surface area contributed by atoms with Crippen LogP contribution in [-0.4, -0.2) is 79.1 Å². The molecule has 0 aromatic carbocycles. The summed E-state index contributed by atoms with van der Waals surface area (Å²) in [6.45, 7) is 4.43. The minimum atomic E-state index is -3.97. The van der Waals surface area contributed by atoms with E-state index in [2.05, 4.69) is 0 Å². The lowest BCUT2D eigenvalue weighted by Crippen LogP contribution is -2.60. The molecule has 2 saturated heterocycles. The molecule has 3 aliphatic heterocycles. The highest BCUT2D eigenvalue weighted by atomic mass is 31.2. The third-order valence-corrected chi connectivity index (χ3v) is 6.23. The van der Waals surface area contributed by atoms with Crippen LogP contribution in [0.5, 0.6) is 0 Å². The van der Waals surface area contributed by atoms with Gasteiger partial charge in [0.25, 0.3) is 0 Å². The Morgan fingerprint density at radius 2 is 2.13 bits per heavy atom. The maximum atomic E-state index is 12.8. The second-order valence-corrected chi connectivity index (χ2v) is 9.47. The number of carbonyl (C=O) groups is 3. The van der Waals surface area contributed by atoms with Crippen molar-refractivity contribution in [2.75, 3.05) is 26.4 Å². The molecule has 2 N–H and O–H groups in total. The van der Waals surface area contributed by atoms with Gasteiger partial charge in [0.1, 0.15) is 18.8 Å². The molecule has 12 nitrogen and oxygen atoms in total. The molecule has 1 amide bonds. The van der Waals surface area contributed by atoms with E-state index in [0.29, 0.717) is 0 Å². The number of nitrogens with zero attached hydrogens (tertiary/aromatic N) is 1. The number of hydrogen-bond donors (Lipinski definition) is 1. The van der Waals surface area contributed by atoms with Crippen molar-refractivity contribution < 1.29 is 46.7 Å². The average Bonchev–Trinajstić information content (AvgIpc) is 2.91. The Labute approximate surface area is 179 Å². The predicted molar refractivity (Wildman–Crippen MR) is 103 cm³/mol. The molecule has 31 heavy (non-hydrogen) atoms. The SMILES string of the molecule is CC(C)OC(=O)COCCO[P@]1(=O)OC[C@H]2O[C@@H](N3C=CC(=O)CC3=O)[C@](C)(N)[C@@H]2O1. The van der Waals surface area contributed by atoms with Gasteiger partial charge in [0, 0.05) is 6.20 Å². The van der Waals surface area contributed by atoms with Gasteiger partial charge >= 0.3 is 13.8 Å². The lowest BCUT2D eigenvalue weighted by atomic mass is 9.92. The first-order valence-electron chi connectivity index (χ1n) is 9.83. The quantitative estimate of drug-likeness (QED) is 0.229. The van der Waals surface area contributed by atoms with Crippen molar-refractivity contribution in [3.8, 4) is 0 Å². The van der Waals surface area contributed by atoms with Crippen LogP contribution in [0.3, 0.4) is 0 Å². The summed E-state index contributed by atoms with van der Waals surface area (Å²) in [7, 11) is -3.97. The van der Waals surface area contributed by atoms with Gasteiger partial charge in [0.2, 0.25) is 5.91 Å². The first-order chi connectivity index (χ1) is 14.5. The summed E-state index contributed by atoms with van der Waals surface area (Å²) >= 11 is 0. The van der Waals surface area contributed by atoms with Crippen molar-refractivity contribution in [2.24, 2.45) is 5.73 Å². The van der Waals surface area contributed by atoms with Crippen LogP contribution in [0.15, 0.2) is 12.3 Å². The van der Waals surface area contributed by atoms with Gasteiger partial charge in [-0.1, -0.05) is 0 Å². The van der Waals surface area contributed by atoms with Crippen LogP contribution in [0.1, 0.15) is 27.2 Å². The Balaban J connectivity index is 1.54. The molecule has 2 fully saturated rings. The number of phosphoric acid groups is 1. The highest BCUT2D eigenvalue weighted by Gasteiger charge is 2.60. The normalized spacial score (nSPS) is 35.5. The smallest absolute Gasteiger partial charge is 0.461 e. The van der Waals surface area contributed by atoms with E-state index in [-0.39, 0.29) is 44.7 Å². The summed E-state index contributed by atoms with van der Waals surface area (Å²) < 4.78 is 44.7. The molecule has 3 rings (SSSR count). The van der Waals surface area contributed by atoms with Gasteiger partial charge in [-0.15, -0.1) is 0 Å². The number of fused-ring (bicyclic) bond motifs is 1. The molecule has 13 heteroatoms. The van der Waals surface area contributed by atoms with Gasteiger partial charge in [-0.2, -0.15) is 0 Å². The van der Waals surface area contributed by atoms with Crippen LogP contribution in [0.2, 0.25) is 0 Å². The number of ketones is 1. The van der Waals surface area contributed by atoms with Crippen LogP contribution in [0.4, 0.5) is 0 Å². The van der Waals surface area contributed by atoms with Crippen molar-refractivity contribution in [2.45, 2.75) is 57.3 Å². The van der Waals surface area contributed by atoms with Crippen LogP contribution < -0.4 is 5.73 Å². The van der Waals surface area contributed by atoms with Gasteiger partial charge in [0.05, 0.1) is 37.9 Å². The molecule has 0 aliphatic carbocycles. The van der Waals surface area contributed by atoms with E-state index < -0.39 is 43.7 Å². The van der Waals surface area contributed by atoms with E-state index in [1.165, 1.54) is 17.2 Å². The fourth-order valence-corrected chi connectivity index (χ4v) is 4.88. The Bertz CT molecular complexity index is 798. The Hall–Kier alpha value is -1.66. The van der Waals surface area contributed by atoms with E-state index in [9.17, 15) is 18.9 Å². The number of phosphoric ester groups is 1. The number of hydrogen-bond acceptors (Lipinski definition) is 11. The first kappa shape index (κ1) is 24.0. The fourth-order valence-electron chi connectivity index (χ4n) is 3.42. The molecule has 0 radical (unpaired) electrons. The third kappa shape index (κ3) is 5.58. The monoisotopic (exact) mass is 462 g/mol. The average molecular weight is 462 g/mol. The number of amides is 1. The van der Waals surface area contributed by atoms with Crippen LogP contribution in [0, 0.1) is 0 Å². The summed E-state index contributed by atoms with van der Waals surface area (Å²) in [5.41, 5.74) is 5.14. The van der Waals surface area contributed by atoms with Gasteiger partial charge < -0.3 is 19.9 Å². The second-order valence-electron chi connectivity index (χ2n) is 7.85. The van der Waals surface area contributed by atoms with E-state index >= 15 is 0 Å². The van der Waals surface area contributed by atoms with Gasteiger partial charge in [-0.05, 0) is 26.8 Å².